The molecule has 0 bridgehead atoms. The van der Waals surface area contributed by atoms with E-state index in [1.165, 1.54) is 0 Å². The topological polar surface area (TPSA) is 66.6 Å². The van der Waals surface area contributed by atoms with Gasteiger partial charge in [0.2, 0.25) is 0 Å². The normalized spacial score (nSPS) is 17.1. The summed E-state index contributed by atoms with van der Waals surface area (Å²) in [5.41, 5.74) is 6.88. The molecule has 5 heteroatoms. The molecule has 1 fully saturated rings. The quantitative estimate of drug-likeness (QED) is 0.834. The number of carbonyl (C=O) groups excluding carboxylic acids is 2. The van der Waals surface area contributed by atoms with Gasteiger partial charge in [-0.1, -0.05) is 19.9 Å². The summed E-state index contributed by atoms with van der Waals surface area (Å²) in [5, 5.41) is 0. The van der Waals surface area contributed by atoms with Crippen LogP contribution in [0.1, 0.15) is 53.8 Å². The number of carbonyl (C=O) groups is 2. The Bertz CT molecular complexity index is 567. The van der Waals surface area contributed by atoms with Crippen LogP contribution in [-0.2, 0) is 0 Å². The zero-order chi connectivity index (χ0) is 17.5. The highest BCUT2D eigenvalue weighted by Gasteiger charge is 2.26. The Morgan fingerprint density at radius 2 is 1.88 bits per heavy atom. The summed E-state index contributed by atoms with van der Waals surface area (Å²) in [6, 6.07) is 7.12. The third kappa shape index (κ3) is 4.35. The summed E-state index contributed by atoms with van der Waals surface area (Å²) in [4.78, 5) is 29.1. The van der Waals surface area contributed by atoms with Crippen molar-refractivity contribution >= 4 is 11.8 Å². The van der Waals surface area contributed by atoms with Crippen molar-refractivity contribution in [2.75, 3.05) is 32.7 Å². The van der Waals surface area contributed by atoms with E-state index in [1.54, 1.807) is 24.3 Å². The van der Waals surface area contributed by atoms with Crippen molar-refractivity contribution in [3.05, 3.63) is 35.4 Å². The lowest BCUT2D eigenvalue weighted by atomic mass is 10.1. The van der Waals surface area contributed by atoms with Crippen LogP contribution < -0.4 is 5.73 Å². The molecule has 1 atom stereocenters. The van der Waals surface area contributed by atoms with Crippen molar-refractivity contribution in [3.63, 3.8) is 0 Å². The summed E-state index contributed by atoms with van der Waals surface area (Å²) in [6.45, 7) is 7.70. The van der Waals surface area contributed by atoms with Crippen LogP contribution in [0, 0.1) is 5.92 Å². The van der Waals surface area contributed by atoms with Gasteiger partial charge in [0.1, 0.15) is 0 Å². The van der Waals surface area contributed by atoms with Gasteiger partial charge in [0.05, 0.1) is 0 Å². The molecule has 5 nitrogen and oxygen atoms in total. The fraction of sp³-hybridized carbons (Fsp3) is 0.579. The van der Waals surface area contributed by atoms with Crippen molar-refractivity contribution in [2.45, 2.75) is 33.1 Å². The third-order valence-corrected chi connectivity index (χ3v) is 4.54. The average molecular weight is 331 g/mol. The van der Waals surface area contributed by atoms with E-state index in [1.807, 2.05) is 9.80 Å². The van der Waals surface area contributed by atoms with E-state index in [0.29, 0.717) is 30.1 Å². The molecule has 1 heterocycles. The van der Waals surface area contributed by atoms with Crippen LogP contribution >= 0.6 is 0 Å². The van der Waals surface area contributed by atoms with Crippen molar-refractivity contribution in [2.24, 2.45) is 11.7 Å². The molecule has 0 aliphatic carbocycles. The first-order valence-electron chi connectivity index (χ1n) is 8.99. The zero-order valence-electron chi connectivity index (χ0n) is 14.8. The first-order chi connectivity index (χ1) is 11.6. The molecule has 0 saturated carbocycles. The van der Waals surface area contributed by atoms with Crippen molar-refractivity contribution < 1.29 is 9.59 Å². The minimum Gasteiger partial charge on any atom is -0.339 e. The van der Waals surface area contributed by atoms with Gasteiger partial charge >= 0.3 is 0 Å². The Balaban J connectivity index is 2.13. The van der Waals surface area contributed by atoms with Gasteiger partial charge < -0.3 is 15.5 Å². The van der Waals surface area contributed by atoms with Crippen LogP contribution in [0.2, 0.25) is 0 Å². The molecule has 1 aromatic rings. The number of rotatable bonds is 7. The Labute approximate surface area is 144 Å². The predicted octanol–water partition coefficient (Wildman–Crippen LogP) is 2.37. The van der Waals surface area contributed by atoms with Crippen molar-refractivity contribution in [3.8, 4) is 0 Å². The maximum absolute atomic E-state index is 12.7. The molecule has 0 spiro atoms. The van der Waals surface area contributed by atoms with Gasteiger partial charge in [0.25, 0.3) is 11.8 Å². The maximum Gasteiger partial charge on any atom is 0.253 e. The van der Waals surface area contributed by atoms with Gasteiger partial charge in [-0.05, 0) is 49.9 Å². The van der Waals surface area contributed by atoms with Gasteiger partial charge in [-0.3, -0.25) is 9.59 Å². The second-order valence-corrected chi connectivity index (χ2v) is 6.51. The van der Waals surface area contributed by atoms with Crippen LogP contribution in [0.15, 0.2) is 24.3 Å². The van der Waals surface area contributed by atoms with Gasteiger partial charge in [-0.2, -0.15) is 0 Å². The van der Waals surface area contributed by atoms with Crippen molar-refractivity contribution in [1.29, 1.82) is 0 Å². The molecule has 1 saturated heterocycles. The summed E-state index contributed by atoms with van der Waals surface area (Å²) < 4.78 is 0. The van der Waals surface area contributed by atoms with E-state index in [2.05, 4.69) is 13.8 Å². The van der Waals surface area contributed by atoms with Crippen LogP contribution in [-0.4, -0.2) is 54.3 Å². The minimum atomic E-state index is -0.00173. The number of likely N-dealkylation sites (tertiary alicyclic amines) is 1. The molecule has 2 amide bonds. The minimum absolute atomic E-state index is 0.00173. The average Bonchev–Trinajstić information content (AvgIpc) is 3.09. The van der Waals surface area contributed by atoms with E-state index < -0.39 is 0 Å². The molecule has 2 rings (SSSR count). The standard InChI is InChI=1S/C19H29N3O2/c1-3-9-21(10-4-2)18(23)16-6-5-7-17(12-16)19(24)22-11-8-15(13-20)14-22/h5-7,12,15H,3-4,8-11,13-14,20H2,1-2H3. The Morgan fingerprint density at radius 3 is 2.46 bits per heavy atom. The molecule has 1 aliphatic rings. The molecule has 0 aromatic heterocycles. The molecular weight excluding hydrogens is 302 g/mol. The molecular formula is C19H29N3O2. The summed E-state index contributed by atoms with van der Waals surface area (Å²) in [5.74, 6) is 0.399. The van der Waals surface area contributed by atoms with Gasteiger partial charge in [0, 0.05) is 37.3 Å². The summed E-state index contributed by atoms with van der Waals surface area (Å²) in [7, 11) is 0. The van der Waals surface area contributed by atoms with Crippen LogP contribution in [0.25, 0.3) is 0 Å². The highest BCUT2D eigenvalue weighted by Crippen LogP contribution is 2.19. The zero-order valence-corrected chi connectivity index (χ0v) is 14.8. The molecule has 1 aliphatic heterocycles. The Kier molecular flexibility index (Phi) is 6.79. The Hall–Kier alpha value is -1.88. The van der Waals surface area contributed by atoms with E-state index >= 15 is 0 Å². The van der Waals surface area contributed by atoms with Crippen LogP contribution in [0.4, 0.5) is 0 Å². The second-order valence-electron chi connectivity index (χ2n) is 6.51. The Morgan fingerprint density at radius 1 is 1.21 bits per heavy atom. The van der Waals surface area contributed by atoms with Crippen molar-refractivity contribution in [1.82, 2.24) is 9.80 Å². The van der Waals surface area contributed by atoms with E-state index in [4.69, 9.17) is 5.73 Å². The first-order valence-corrected chi connectivity index (χ1v) is 8.99. The van der Waals surface area contributed by atoms with E-state index in [0.717, 1.165) is 38.9 Å². The SMILES string of the molecule is CCCN(CCC)C(=O)c1cccc(C(=O)N2CCC(CN)C2)c1. The molecule has 132 valence electrons. The lowest BCUT2D eigenvalue weighted by molar-refractivity contribution is 0.0755. The molecule has 0 radical (unpaired) electrons. The van der Waals surface area contributed by atoms with Gasteiger partial charge in [-0.15, -0.1) is 0 Å². The predicted molar refractivity (Wildman–Crippen MR) is 96.0 cm³/mol. The van der Waals surface area contributed by atoms with Crippen LogP contribution in [0.3, 0.4) is 0 Å². The largest absolute Gasteiger partial charge is 0.339 e. The molecule has 2 N–H and O–H groups in total. The van der Waals surface area contributed by atoms with Crippen LogP contribution in [0.5, 0.6) is 0 Å². The molecule has 1 aromatic carbocycles. The third-order valence-electron chi connectivity index (χ3n) is 4.54. The number of hydrogen-bond acceptors (Lipinski definition) is 3. The smallest absolute Gasteiger partial charge is 0.253 e. The number of benzene rings is 1. The number of hydrogen-bond donors (Lipinski definition) is 1. The fourth-order valence-electron chi connectivity index (χ4n) is 3.21. The number of amides is 2. The second kappa shape index (κ2) is 8.83. The summed E-state index contributed by atoms with van der Waals surface area (Å²) >= 11 is 0. The lowest BCUT2D eigenvalue weighted by Gasteiger charge is -2.22. The lowest BCUT2D eigenvalue weighted by Crippen LogP contribution is -2.33. The first kappa shape index (κ1) is 18.5. The number of nitrogens with two attached hydrogens (primary N) is 1. The molecule has 24 heavy (non-hydrogen) atoms. The fourth-order valence-corrected chi connectivity index (χ4v) is 3.21. The highest BCUT2D eigenvalue weighted by molar-refractivity contribution is 5.99. The molecule has 1 unspecified atom stereocenters. The maximum atomic E-state index is 12.7. The monoisotopic (exact) mass is 331 g/mol. The summed E-state index contributed by atoms with van der Waals surface area (Å²) in [6.07, 6.45) is 2.82. The van der Waals surface area contributed by atoms with Gasteiger partial charge in [-0.25, -0.2) is 0 Å². The van der Waals surface area contributed by atoms with Gasteiger partial charge in [0.15, 0.2) is 0 Å². The van der Waals surface area contributed by atoms with E-state index in [-0.39, 0.29) is 11.8 Å². The van der Waals surface area contributed by atoms with E-state index in [9.17, 15) is 9.59 Å². The number of nitrogens with zero attached hydrogens (tertiary/aromatic N) is 2. The highest BCUT2D eigenvalue weighted by atomic mass is 16.2.